The van der Waals surface area contributed by atoms with Gasteiger partial charge in [-0.05, 0) is 44.7 Å². The molecule has 0 aromatic heterocycles. The van der Waals surface area contributed by atoms with Crippen LogP contribution in [0.3, 0.4) is 0 Å². The minimum Gasteiger partial charge on any atom is -0.316 e. The lowest BCUT2D eigenvalue weighted by Crippen LogP contribution is -2.43. The van der Waals surface area contributed by atoms with Crippen LogP contribution in [0.15, 0.2) is 0 Å². The Hall–Kier alpha value is -0.130. The van der Waals surface area contributed by atoms with Crippen LogP contribution in [-0.2, 0) is 9.84 Å². The second-order valence-electron chi connectivity index (χ2n) is 6.09. The highest BCUT2D eigenvalue weighted by molar-refractivity contribution is 7.90. The Morgan fingerprint density at radius 3 is 2.24 bits per heavy atom. The Balaban J connectivity index is 1.77. The minimum atomic E-state index is -2.86. The summed E-state index contributed by atoms with van der Waals surface area (Å²) in [7, 11) is -2.86. The van der Waals surface area contributed by atoms with Crippen molar-refractivity contribution in [2.45, 2.75) is 37.9 Å². The SMILES string of the molecule is C[C@H](CS(C)(=O)=O)N1[C@@H]2CC[C@H]1[C@H]1CNC[C@H]12. The quantitative estimate of drug-likeness (QED) is 0.780. The number of rotatable bonds is 3. The summed E-state index contributed by atoms with van der Waals surface area (Å²) in [5, 5.41) is 3.49. The van der Waals surface area contributed by atoms with Crippen molar-refractivity contribution in [3.05, 3.63) is 0 Å². The largest absolute Gasteiger partial charge is 0.316 e. The maximum Gasteiger partial charge on any atom is 0.148 e. The van der Waals surface area contributed by atoms with E-state index >= 15 is 0 Å². The summed E-state index contributed by atoms with van der Waals surface area (Å²) in [6.45, 7) is 4.35. The van der Waals surface area contributed by atoms with Gasteiger partial charge in [0.2, 0.25) is 0 Å². The highest BCUT2D eigenvalue weighted by Gasteiger charge is 2.55. The number of sulfone groups is 1. The van der Waals surface area contributed by atoms with E-state index in [0.717, 1.165) is 24.9 Å². The topological polar surface area (TPSA) is 49.4 Å². The van der Waals surface area contributed by atoms with E-state index in [0.29, 0.717) is 17.8 Å². The molecule has 3 aliphatic heterocycles. The highest BCUT2D eigenvalue weighted by atomic mass is 32.2. The van der Waals surface area contributed by atoms with E-state index in [-0.39, 0.29) is 6.04 Å². The molecule has 4 nitrogen and oxygen atoms in total. The van der Waals surface area contributed by atoms with Crippen LogP contribution in [0.25, 0.3) is 0 Å². The van der Waals surface area contributed by atoms with Gasteiger partial charge in [0, 0.05) is 24.4 Å². The maximum atomic E-state index is 11.4. The maximum absolute atomic E-state index is 11.4. The summed E-state index contributed by atoms with van der Waals surface area (Å²) in [4.78, 5) is 2.53. The summed E-state index contributed by atoms with van der Waals surface area (Å²) in [6, 6.07) is 1.46. The van der Waals surface area contributed by atoms with Gasteiger partial charge in [-0.1, -0.05) is 0 Å². The summed E-state index contributed by atoms with van der Waals surface area (Å²) in [5.74, 6) is 1.86. The monoisotopic (exact) mass is 258 g/mol. The molecule has 3 heterocycles. The lowest BCUT2D eigenvalue weighted by Gasteiger charge is -2.30. The lowest BCUT2D eigenvalue weighted by atomic mass is 9.82. The van der Waals surface area contributed by atoms with Crippen molar-refractivity contribution in [3.8, 4) is 0 Å². The van der Waals surface area contributed by atoms with Crippen LogP contribution in [0.5, 0.6) is 0 Å². The van der Waals surface area contributed by atoms with Crippen molar-refractivity contribution in [2.24, 2.45) is 11.8 Å². The van der Waals surface area contributed by atoms with Crippen molar-refractivity contribution < 1.29 is 8.42 Å². The van der Waals surface area contributed by atoms with Crippen LogP contribution in [0.1, 0.15) is 19.8 Å². The van der Waals surface area contributed by atoms with E-state index in [1.807, 2.05) is 0 Å². The molecule has 2 bridgehead atoms. The first kappa shape index (κ1) is 11.9. The Bertz CT molecular complexity index is 391. The summed E-state index contributed by atoms with van der Waals surface area (Å²) in [6.07, 6.45) is 3.88. The Labute approximate surface area is 104 Å². The van der Waals surface area contributed by atoms with E-state index < -0.39 is 9.84 Å². The van der Waals surface area contributed by atoms with Crippen molar-refractivity contribution >= 4 is 9.84 Å². The van der Waals surface area contributed by atoms with Gasteiger partial charge in [0.15, 0.2) is 0 Å². The molecule has 0 saturated carbocycles. The third kappa shape index (κ3) is 1.92. The molecule has 0 aromatic carbocycles. The van der Waals surface area contributed by atoms with E-state index in [1.165, 1.54) is 19.1 Å². The molecule has 3 aliphatic rings. The fourth-order valence-electron chi connectivity index (χ4n) is 4.50. The Morgan fingerprint density at radius 2 is 1.76 bits per heavy atom. The van der Waals surface area contributed by atoms with Crippen LogP contribution < -0.4 is 5.32 Å². The molecule has 0 aromatic rings. The molecular weight excluding hydrogens is 236 g/mol. The predicted molar refractivity (Wildman–Crippen MR) is 67.7 cm³/mol. The molecular formula is C12H22N2O2S. The summed E-state index contributed by atoms with van der Waals surface area (Å²) < 4.78 is 22.9. The smallest absolute Gasteiger partial charge is 0.148 e. The molecule has 0 amide bonds. The fourth-order valence-corrected chi connectivity index (χ4v) is 5.54. The first-order valence-corrected chi connectivity index (χ1v) is 8.69. The first-order chi connectivity index (χ1) is 7.97. The molecule has 0 radical (unpaired) electrons. The first-order valence-electron chi connectivity index (χ1n) is 6.63. The van der Waals surface area contributed by atoms with Gasteiger partial charge in [-0.3, -0.25) is 4.90 Å². The molecule has 3 rings (SSSR count). The molecule has 0 unspecified atom stereocenters. The second-order valence-corrected chi connectivity index (χ2v) is 8.27. The third-order valence-electron chi connectivity index (χ3n) is 4.88. The summed E-state index contributed by atoms with van der Waals surface area (Å²) in [5.41, 5.74) is 0. The molecule has 5 atom stereocenters. The zero-order chi connectivity index (χ0) is 12.2. The van der Waals surface area contributed by atoms with E-state index in [4.69, 9.17) is 0 Å². The highest BCUT2D eigenvalue weighted by Crippen LogP contribution is 2.48. The van der Waals surface area contributed by atoms with Gasteiger partial charge in [-0.2, -0.15) is 0 Å². The van der Waals surface area contributed by atoms with Crippen LogP contribution in [0.2, 0.25) is 0 Å². The van der Waals surface area contributed by atoms with Gasteiger partial charge < -0.3 is 5.32 Å². The molecule has 98 valence electrons. The van der Waals surface area contributed by atoms with Crippen molar-refractivity contribution in [3.63, 3.8) is 0 Å². The predicted octanol–water partition coefficient (Wildman–Crippen LogP) is 0.102. The van der Waals surface area contributed by atoms with Gasteiger partial charge in [0.25, 0.3) is 0 Å². The van der Waals surface area contributed by atoms with Crippen molar-refractivity contribution in [1.29, 1.82) is 0 Å². The van der Waals surface area contributed by atoms with Crippen molar-refractivity contribution in [1.82, 2.24) is 10.2 Å². The number of fused-ring (bicyclic) bond motifs is 5. The Morgan fingerprint density at radius 1 is 1.24 bits per heavy atom. The van der Waals surface area contributed by atoms with Crippen LogP contribution in [0.4, 0.5) is 0 Å². The zero-order valence-electron chi connectivity index (χ0n) is 10.6. The van der Waals surface area contributed by atoms with Crippen LogP contribution in [-0.4, -0.2) is 56.5 Å². The van der Waals surface area contributed by atoms with E-state index in [1.54, 1.807) is 0 Å². The molecule has 0 aliphatic carbocycles. The van der Waals surface area contributed by atoms with Gasteiger partial charge >= 0.3 is 0 Å². The molecule has 17 heavy (non-hydrogen) atoms. The number of nitrogens with one attached hydrogen (secondary N) is 1. The van der Waals surface area contributed by atoms with Crippen LogP contribution in [0, 0.1) is 11.8 Å². The minimum absolute atomic E-state index is 0.188. The van der Waals surface area contributed by atoms with Gasteiger partial charge in [-0.25, -0.2) is 8.42 Å². The van der Waals surface area contributed by atoms with E-state index in [9.17, 15) is 8.42 Å². The second kappa shape index (κ2) is 3.93. The average molecular weight is 258 g/mol. The van der Waals surface area contributed by atoms with Crippen molar-refractivity contribution in [2.75, 3.05) is 25.1 Å². The van der Waals surface area contributed by atoms with E-state index in [2.05, 4.69) is 17.1 Å². The number of hydrogen-bond donors (Lipinski definition) is 1. The molecule has 1 N–H and O–H groups in total. The zero-order valence-corrected chi connectivity index (χ0v) is 11.4. The molecule has 3 fully saturated rings. The lowest BCUT2D eigenvalue weighted by molar-refractivity contribution is 0.181. The normalized spacial score (nSPS) is 42.9. The fraction of sp³-hybridized carbons (Fsp3) is 1.00. The molecule has 0 spiro atoms. The standard InChI is InChI=1S/C12H22N2O2S/c1-8(7-17(2,15)16)14-11-3-4-12(14)10-6-13-5-9(10)11/h8-13H,3-7H2,1-2H3/t8-,9-,10+,11-,12+/m1/s1. The third-order valence-corrected chi connectivity index (χ3v) is 5.96. The van der Waals surface area contributed by atoms with Gasteiger partial charge in [0.1, 0.15) is 9.84 Å². The molecule has 3 saturated heterocycles. The molecule has 5 heteroatoms. The van der Waals surface area contributed by atoms with Crippen LogP contribution >= 0.6 is 0 Å². The average Bonchev–Trinajstić information content (AvgIpc) is 2.86. The van der Waals surface area contributed by atoms with Gasteiger partial charge in [-0.15, -0.1) is 0 Å². The van der Waals surface area contributed by atoms with Gasteiger partial charge in [0.05, 0.1) is 5.75 Å². The summed E-state index contributed by atoms with van der Waals surface area (Å²) >= 11 is 0. The number of nitrogens with zero attached hydrogens (tertiary/aromatic N) is 1. The number of hydrogen-bond acceptors (Lipinski definition) is 4. The Kier molecular flexibility index (Phi) is 2.76.